The number of hydrogen-bond acceptors (Lipinski definition) is 4. The second-order valence-corrected chi connectivity index (χ2v) is 6.59. The largest absolute Gasteiger partial charge is 0.366 e. The van der Waals surface area contributed by atoms with Gasteiger partial charge in [0.15, 0.2) is 0 Å². The van der Waals surface area contributed by atoms with Crippen molar-refractivity contribution >= 4 is 17.3 Å². The standard InChI is InChI=1S/C18H23N3O3/c1-13-6-7-14(2)20(13)18(22)15-8-9-16(17(12-15)21(23)24)19-10-4-3-5-11-19/h6-9,12-14H,3-5,10-11H2,1-2H3. The number of nitro groups is 1. The summed E-state index contributed by atoms with van der Waals surface area (Å²) in [5.74, 6) is -0.159. The first-order valence-corrected chi connectivity index (χ1v) is 8.53. The molecule has 6 heteroatoms. The normalized spacial score (nSPS) is 23.6. The number of carbonyl (C=O) groups excluding carboxylic acids is 1. The molecule has 0 N–H and O–H groups in total. The number of benzene rings is 1. The zero-order valence-corrected chi connectivity index (χ0v) is 14.1. The van der Waals surface area contributed by atoms with Gasteiger partial charge in [0.2, 0.25) is 0 Å². The lowest BCUT2D eigenvalue weighted by Gasteiger charge is -2.29. The van der Waals surface area contributed by atoms with Crippen molar-refractivity contribution in [3.8, 4) is 0 Å². The Kier molecular flexibility index (Phi) is 4.55. The maximum absolute atomic E-state index is 12.8. The summed E-state index contributed by atoms with van der Waals surface area (Å²) < 4.78 is 0. The molecule has 0 spiro atoms. The van der Waals surface area contributed by atoms with Crippen LogP contribution < -0.4 is 4.90 Å². The number of nitrogens with zero attached hydrogens (tertiary/aromatic N) is 3. The number of amides is 1. The van der Waals surface area contributed by atoms with Gasteiger partial charge in [-0.2, -0.15) is 0 Å². The Hall–Kier alpha value is -2.37. The summed E-state index contributed by atoms with van der Waals surface area (Å²) in [6.45, 7) is 5.57. The molecule has 0 aromatic heterocycles. The maximum atomic E-state index is 12.8. The molecule has 0 bridgehead atoms. The molecule has 0 aliphatic carbocycles. The Labute approximate surface area is 141 Å². The lowest BCUT2D eigenvalue weighted by molar-refractivity contribution is -0.384. The Balaban J connectivity index is 1.91. The van der Waals surface area contributed by atoms with Gasteiger partial charge in [-0.05, 0) is 45.2 Å². The molecule has 2 heterocycles. The second-order valence-electron chi connectivity index (χ2n) is 6.59. The zero-order valence-electron chi connectivity index (χ0n) is 14.1. The van der Waals surface area contributed by atoms with E-state index in [1.807, 2.05) is 26.0 Å². The first kappa shape index (κ1) is 16.5. The van der Waals surface area contributed by atoms with Gasteiger partial charge < -0.3 is 9.80 Å². The van der Waals surface area contributed by atoms with Crippen molar-refractivity contribution in [1.29, 1.82) is 0 Å². The zero-order chi connectivity index (χ0) is 17.3. The van der Waals surface area contributed by atoms with Gasteiger partial charge >= 0.3 is 0 Å². The van der Waals surface area contributed by atoms with Crippen molar-refractivity contribution in [2.24, 2.45) is 0 Å². The lowest BCUT2D eigenvalue weighted by Crippen LogP contribution is -2.39. The van der Waals surface area contributed by atoms with Gasteiger partial charge in [-0.1, -0.05) is 12.2 Å². The molecule has 6 nitrogen and oxygen atoms in total. The van der Waals surface area contributed by atoms with E-state index in [9.17, 15) is 14.9 Å². The monoisotopic (exact) mass is 329 g/mol. The van der Waals surface area contributed by atoms with Crippen LogP contribution in [0.2, 0.25) is 0 Å². The highest BCUT2D eigenvalue weighted by Gasteiger charge is 2.30. The molecule has 1 aromatic rings. The summed E-state index contributed by atoms with van der Waals surface area (Å²) in [6.07, 6.45) is 7.23. The van der Waals surface area contributed by atoms with E-state index in [0.717, 1.165) is 25.9 Å². The number of rotatable bonds is 3. The minimum absolute atomic E-state index is 0.00771. The third-order valence-corrected chi connectivity index (χ3v) is 4.90. The summed E-state index contributed by atoms with van der Waals surface area (Å²) >= 11 is 0. The maximum Gasteiger partial charge on any atom is 0.293 e. The van der Waals surface area contributed by atoms with Crippen molar-refractivity contribution < 1.29 is 9.72 Å². The van der Waals surface area contributed by atoms with Gasteiger partial charge in [0.25, 0.3) is 11.6 Å². The molecule has 0 radical (unpaired) electrons. The molecule has 0 saturated carbocycles. The quantitative estimate of drug-likeness (QED) is 0.484. The Morgan fingerprint density at radius 1 is 1.12 bits per heavy atom. The van der Waals surface area contributed by atoms with Crippen LogP contribution in [0.3, 0.4) is 0 Å². The average Bonchev–Trinajstić information content (AvgIpc) is 2.93. The fourth-order valence-electron chi connectivity index (χ4n) is 3.60. The van der Waals surface area contributed by atoms with Gasteiger partial charge in [-0.3, -0.25) is 14.9 Å². The molecule has 2 unspecified atom stereocenters. The summed E-state index contributed by atoms with van der Waals surface area (Å²) in [5, 5.41) is 11.5. The summed E-state index contributed by atoms with van der Waals surface area (Å²) in [6, 6.07) is 4.90. The average molecular weight is 329 g/mol. The van der Waals surface area contributed by atoms with Crippen LogP contribution in [0.5, 0.6) is 0 Å². The van der Waals surface area contributed by atoms with Crippen LogP contribution >= 0.6 is 0 Å². The van der Waals surface area contributed by atoms with Crippen LogP contribution in [0.25, 0.3) is 0 Å². The summed E-state index contributed by atoms with van der Waals surface area (Å²) in [7, 11) is 0. The van der Waals surface area contributed by atoms with Crippen molar-refractivity contribution in [2.75, 3.05) is 18.0 Å². The van der Waals surface area contributed by atoms with Crippen molar-refractivity contribution in [3.63, 3.8) is 0 Å². The third-order valence-electron chi connectivity index (χ3n) is 4.90. The van der Waals surface area contributed by atoms with E-state index in [0.29, 0.717) is 11.3 Å². The van der Waals surface area contributed by atoms with Crippen LogP contribution in [0.1, 0.15) is 43.5 Å². The number of hydrogen-bond donors (Lipinski definition) is 0. The van der Waals surface area contributed by atoms with E-state index < -0.39 is 0 Å². The SMILES string of the molecule is CC1C=CC(C)N1C(=O)c1ccc(N2CCCCC2)c([N+](=O)[O-])c1. The molecule has 24 heavy (non-hydrogen) atoms. The van der Waals surface area contributed by atoms with Crippen LogP contribution in [0.4, 0.5) is 11.4 Å². The van der Waals surface area contributed by atoms with Crippen molar-refractivity contribution in [3.05, 3.63) is 46.0 Å². The second kappa shape index (κ2) is 6.63. The summed E-state index contributed by atoms with van der Waals surface area (Å²) in [5.41, 5.74) is 1.02. The van der Waals surface area contributed by atoms with E-state index in [2.05, 4.69) is 4.90 Å². The molecule has 1 saturated heterocycles. The molecule has 2 aliphatic heterocycles. The van der Waals surface area contributed by atoms with Gasteiger partial charge in [-0.25, -0.2) is 0 Å². The van der Waals surface area contributed by atoms with Gasteiger partial charge in [0.05, 0.1) is 4.92 Å². The Morgan fingerprint density at radius 3 is 2.33 bits per heavy atom. The summed E-state index contributed by atoms with van der Waals surface area (Å²) in [4.78, 5) is 27.7. The van der Waals surface area contributed by atoms with Gasteiger partial charge in [0.1, 0.15) is 5.69 Å². The number of carbonyl (C=O) groups is 1. The van der Waals surface area contributed by atoms with Crippen LogP contribution in [0.15, 0.2) is 30.4 Å². The van der Waals surface area contributed by atoms with Crippen molar-refractivity contribution in [2.45, 2.75) is 45.2 Å². The molecular formula is C18H23N3O3. The first-order chi connectivity index (χ1) is 11.5. The van der Waals surface area contributed by atoms with Crippen LogP contribution in [-0.2, 0) is 0 Å². The van der Waals surface area contributed by atoms with Crippen molar-refractivity contribution in [1.82, 2.24) is 4.90 Å². The molecular weight excluding hydrogens is 306 g/mol. The molecule has 2 aliphatic rings. The van der Waals surface area contributed by atoms with Crippen LogP contribution in [0, 0.1) is 10.1 Å². The number of nitro benzene ring substituents is 1. The smallest absolute Gasteiger partial charge is 0.293 e. The first-order valence-electron chi connectivity index (χ1n) is 8.53. The van der Waals surface area contributed by atoms with Gasteiger partial charge in [0, 0.05) is 36.8 Å². The minimum Gasteiger partial charge on any atom is -0.366 e. The van der Waals surface area contributed by atoms with E-state index in [1.54, 1.807) is 17.0 Å². The topological polar surface area (TPSA) is 66.7 Å². The fraction of sp³-hybridized carbons (Fsp3) is 0.500. The Bertz CT molecular complexity index is 668. The minimum atomic E-state index is -0.379. The number of piperidine rings is 1. The highest BCUT2D eigenvalue weighted by molar-refractivity contribution is 5.96. The lowest BCUT2D eigenvalue weighted by atomic mass is 10.1. The molecule has 3 rings (SSSR count). The van der Waals surface area contributed by atoms with Gasteiger partial charge in [-0.15, -0.1) is 0 Å². The van der Waals surface area contributed by atoms with E-state index in [1.165, 1.54) is 12.5 Å². The van der Waals surface area contributed by atoms with Crippen LogP contribution in [-0.4, -0.2) is 40.9 Å². The predicted molar refractivity (Wildman–Crippen MR) is 93.4 cm³/mol. The Morgan fingerprint density at radius 2 is 1.75 bits per heavy atom. The molecule has 1 aromatic carbocycles. The number of anilines is 1. The molecule has 128 valence electrons. The highest BCUT2D eigenvalue weighted by Crippen LogP contribution is 2.32. The van der Waals surface area contributed by atoms with E-state index >= 15 is 0 Å². The van der Waals surface area contributed by atoms with E-state index in [4.69, 9.17) is 0 Å². The molecule has 2 atom stereocenters. The predicted octanol–water partition coefficient (Wildman–Crippen LogP) is 3.37. The highest BCUT2D eigenvalue weighted by atomic mass is 16.6. The fourth-order valence-corrected chi connectivity index (χ4v) is 3.60. The molecule has 1 amide bonds. The van der Waals surface area contributed by atoms with E-state index in [-0.39, 0.29) is 28.6 Å². The molecule has 1 fully saturated rings. The third kappa shape index (κ3) is 3.00.